The number of aromatic nitrogens is 4. The zero-order chi connectivity index (χ0) is 21.4. The first-order valence-electron chi connectivity index (χ1n) is 10.9. The number of aryl methyl sites for hydroxylation is 1. The van der Waals surface area contributed by atoms with Gasteiger partial charge in [-0.2, -0.15) is 5.10 Å². The van der Waals surface area contributed by atoms with E-state index in [9.17, 15) is 0 Å². The Kier molecular flexibility index (Phi) is 5.16. The summed E-state index contributed by atoms with van der Waals surface area (Å²) < 4.78 is 1.89. The maximum atomic E-state index is 4.76. The van der Waals surface area contributed by atoms with E-state index in [4.69, 9.17) is 4.98 Å². The number of anilines is 2. The first-order chi connectivity index (χ1) is 15.1. The minimum Gasteiger partial charge on any atom is -0.324 e. The molecule has 1 aliphatic heterocycles. The van der Waals surface area contributed by atoms with E-state index in [-0.39, 0.29) is 0 Å². The van der Waals surface area contributed by atoms with Gasteiger partial charge in [-0.15, -0.1) is 0 Å². The second kappa shape index (κ2) is 8.12. The number of likely N-dealkylation sites (tertiary alicyclic amines) is 1. The molecule has 0 spiro atoms. The van der Waals surface area contributed by atoms with Crippen LogP contribution >= 0.6 is 0 Å². The first-order valence-corrected chi connectivity index (χ1v) is 10.9. The minimum atomic E-state index is 0.611. The van der Waals surface area contributed by atoms with Crippen LogP contribution in [0.4, 0.5) is 11.6 Å². The van der Waals surface area contributed by atoms with E-state index in [1.807, 2.05) is 24.1 Å². The lowest BCUT2D eigenvalue weighted by molar-refractivity contribution is 0.255. The van der Waals surface area contributed by atoms with Crippen molar-refractivity contribution in [3.05, 3.63) is 66.1 Å². The number of nitrogens with zero attached hydrogens (tertiary/aromatic N) is 5. The van der Waals surface area contributed by atoms with Gasteiger partial charge in [-0.1, -0.05) is 24.3 Å². The lowest BCUT2D eigenvalue weighted by atomic mass is 9.89. The number of hydrogen-bond acceptors (Lipinski definition) is 5. The maximum absolute atomic E-state index is 4.76. The van der Waals surface area contributed by atoms with E-state index >= 15 is 0 Å². The second-order valence-corrected chi connectivity index (χ2v) is 8.56. The van der Waals surface area contributed by atoms with Crippen molar-refractivity contribution in [1.29, 1.82) is 0 Å². The Balaban J connectivity index is 1.36. The van der Waals surface area contributed by atoms with Gasteiger partial charge in [0.25, 0.3) is 0 Å². The number of fused-ring (bicyclic) bond motifs is 1. The number of benzene rings is 2. The molecular formula is C25H28N6. The lowest BCUT2D eigenvalue weighted by Gasteiger charge is -2.29. The highest BCUT2D eigenvalue weighted by molar-refractivity contribution is 5.85. The van der Waals surface area contributed by atoms with Crippen LogP contribution in [0.3, 0.4) is 0 Å². The van der Waals surface area contributed by atoms with Crippen LogP contribution in [0.5, 0.6) is 0 Å². The predicted molar refractivity (Wildman–Crippen MR) is 126 cm³/mol. The van der Waals surface area contributed by atoms with Crippen LogP contribution in [-0.2, 0) is 7.05 Å². The Morgan fingerprint density at radius 1 is 0.968 bits per heavy atom. The van der Waals surface area contributed by atoms with Gasteiger partial charge in [-0.3, -0.25) is 4.68 Å². The molecule has 31 heavy (non-hydrogen) atoms. The highest BCUT2D eigenvalue weighted by atomic mass is 15.3. The van der Waals surface area contributed by atoms with Crippen LogP contribution < -0.4 is 5.32 Å². The zero-order valence-electron chi connectivity index (χ0n) is 18.3. The van der Waals surface area contributed by atoms with E-state index in [1.54, 1.807) is 0 Å². The minimum absolute atomic E-state index is 0.611. The molecule has 6 heteroatoms. The average molecular weight is 413 g/mol. The van der Waals surface area contributed by atoms with Crippen molar-refractivity contribution in [2.75, 3.05) is 25.5 Å². The molecule has 2 aromatic carbocycles. The smallest absolute Gasteiger partial charge is 0.227 e. The summed E-state index contributed by atoms with van der Waals surface area (Å²) in [7, 11) is 4.16. The van der Waals surface area contributed by atoms with Gasteiger partial charge >= 0.3 is 0 Å². The summed E-state index contributed by atoms with van der Waals surface area (Å²) in [5, 5.41) is 8.74. The fourth-order valence-corrected chi connectivity index (χ4v) is 4.34. The zero-order valence-corrected chi connectivity index (χ0v) is 18.3. The molecule has 6 nitrogen and oxygen atoms in total. The van der Waals surface area contributed by atoms with Gasteiger partial charge in [0.15, 0.2) is 0 Å². The van der Waals surface area contributed by atoms with Crippen molar-refractivity contribution in [3.8, 4) is 11.1 Å². The van der Waals surface area contributed by atoms with Gasteiger partial charge in [0.1, 0.15) is 0 Å². The SMILES string of the molecule is Cc1c(-c2ccc3cnc(Nc4ccc(C5CCN(C)CC5)cc4)nc3c2)cnn1C. The molecule has 2 aromatic heterocycles. The predicted octanol–water partition coefficient (Wildman–Crippen LogP) is 4.89. The summed E-state index contributed by atoms with van der Waals surface area (Å²) >= 11 is 0. The normalized spacial score (nSPS) is 15.5. The van der Waals surface area contributed by atoms with Gasteiger partial charge in [-0.25, -0.2) is 9.97 Å². The fraction of sp³-hybridized carbons (Fsp3) is 0.320. The largest absolute Gasteiger partial charge is 0.324 e. The molecule has 1 saturated heterocycles. The summed E-state index contributed by atoms with van der Waals surface area (Å²) in [4.78, 5) is 11.7. The summed E-state index contributed by atoms with van der Waals surface area (Å²) in [6, 6.07) is 15.0. The fourth-order valence-electron chi connectivity index (χ4n) is 4.34. The second-order valence-electron chi connectivity index (χ2n) is 8.56. The highest BCUT2D eigenvalue weighted by Crippen LogP contribution is 2.29. The van der Waals surface area contributed by atoms with Crippen LogP contribution in [-0.4, -0.2) is 44.8 Å². The molecular weight excluding hydrogens is 384 g/mol. The molecule has 0 aliphatic carbocycles. The topological polar surface area (TPSA) is 58.9 Å². The molecule has 4 aromatic rings. The molecule has 0 unspecified atom stereocenters. The molecule has 3 heterocycles. The molecule has 0 bridgehead atoms. The van der Waals surface area contributed by atoms with E-state index in [0.717, 1.165) is 33.4 Å². The van der Waals surface area contributed by atoms with Gasteiger partial charge < -0.3 is 10.2 Å². The molecule has 0 atom stereocenters. The number of nitrogens with one attached hydrogen (secondary N) is 1. The maximum Gasteiger partial charge on any atom is 0.227 e. The Morgan fingerprint density at radius 2 is 1.74 bits per heavy atom. The van der Waals surface area contributed by atoms with Crippen LogP contribution in [0.15, 0.2) is 54.9 Å². The van der Waals surface area contributed by atoms with Gasteiger partial charge in [0, 0.05) is 35.6 Å². The van der Waals surface area contributed by atoms with Crippen LogP contribution in [0.25, 0.3) is 22.0 Å². The molecule has 1 N–H and O–H groups in total. The van der Waals surface area contributed by atoms with Crippen molar-refractivity contribution < 1.29 is 0 Å². The Morgan fingerprint density at radius 3 is 2.45 bits per heavy atom. The van der Waals surface area contributed by atoms with Crippen molar-refractivity contribution >= 4 is 22.5 Å². The van der Waals surface area contributed by atoms with Crippen molar-refractivity contribution in [3.63, 3.8) is 0 Å². The van der Waals surface area contributed by atoms with E-state index in [0.29, 0.717) is 11.9 Å². The Bertz CT molecular complexity index is 1200. The van der Waals surface area contributed by atoms with Gasteiger partial charge in [0.05, 0.1) is 11.7 Å². The van der Waals surface area contributed by atoms with E-state index < -0.39 is 0 Å². The molecule has 5 rings (SSSR count). The van der Waals surface area contributed by atoms with Gasteiger partial charge in [-0.05, 0) is 75.1 Å². The molecule has 1 aliphatic rings. The first kappa shape index (κ1) is 19.7. The summed E-state index contributed by atoms with van der Waals surface area (Å²) in [6.45, 7) is 4.43. The number of hydrogen-bond donors (Lipinski definition) is 1. The molecule has 0 amide bonds. The summed E-state index contributed by atoms with van der Waals surface area (Å²) in [6.07, 6.45) is 6.24. The number of rotatable bonds is 4. The Hall–Kier alpha value is -3.25. The van der Waals surface area contributed by atoms with Crippen molar-refractivity contribution in [1.82, 2.24) is 24.6 Å². The summed E-state index contributed by atoms with van der Waals surface area (Å²) in [5.41, 5.74) is 6.73. The standard InChI is InChI=1S/C25H28N6/c1-17-23(16-27-31(17)3)20-4-5-21-15-26-25(29-24(21)14-20)28-22-8-6-18(7-9-22)19-10-12-30(2)13-11-19/h4-9,14-16,19H,10-13H2,1-3H3,(H,26,28,29). The van der Waals surface area contributed by atoms with E-state index in [1.165, 1.54) is 31.5 Å². The van der Waals surface area contributed by atoms with Crippen LogP contribution in [0.1, 0.15) is 30.0 Å². The highest BCUT2D eigenvalue weighted by Gasteiger charge is 2.18. The third kappa shape index (κ3) is 4.03. The molecule has 158 valence electrons. The lowest BCUT2D eigenvalue weighted by Crippen LogP contribution is -2.29. The monoisotopic (exact) mass is 412 g/mol. The third-order valence-electron chi connectivity index (χ3n) is 6.49. The van der Waals surface area contributed by atoms with Crippen molar-refractivity contribution in [2.24, 2.45) is 7.05 Å². The van der Waals surface area contributed by atoms with Crippen LogP contribution in [0.2, 0.25) is 0 Å². The molecule has 1 fully saturated rings. The van der Waals surface area contributed by atoms with Crippen molar-refractivity contribution in [2.45, 2.75) is 25.7 Å². The quantitative estimate of drug-likeness (QED) is 0.517. The molecule has 0 saturated carbocycles. The summed E-state index contributed by atoms with van der Waals surface area (Å²) in [5.74, 6) is 1.27. The molecule has 0 radical (unpaired) electrons. The van der Waals surface area contributed by atoms with Gasteiger partial charge in [0.2, 0.25) is 5.95 Å². The van der Waals surface area contributed by atoms with E-state index in [2.05, 4.69) is 76.7 Å². The van der Waals surface area contributed by atoms with Crippen LogP contribution in [0, 0.1) is 6.92 Å². The third-order valence-corrected chi connectivity index (χ3v) is 6.49. The number of piperidine rings is 1. The Labute approximate surface area is 182 Å². The average Bonchev–Trinajstić information content (AvgIpc) is 3.13.